The highest BCUT2D eigenvalue weighted by Gasteiger charge is 2.40. The minimum Gasteiger partial charge on any atom is -0.332 e. The Bertz CT molecular complexity index is 771. The summed E-state index contributed by atoms with van der Waals surface area (Å²) in [5, 5.41) is 2.91. The van der Waals surface area contributed by atoms with E-state index in [1.807, 2.05) is 6.07 Å². The van der Waals surface area contributed by atoms with Gasteiger partial charge in [-0.3, -0.25) is 4.90 Å². The molecule has 2 fully saturated rings. The summed E-state index contributed by atoms with van der Waals surface area (Å²) < 4.78 is 37.2. The van der Waals surface area contributed by atoms with Crippen LogP contribution in [0.1, 0.15) is 25.3 Å². The van der Waals surface area contributed by atoms with Gasteiger partial charge in [-0.2, -0.15) is 0 Å². The molecule has 2 heterocycles. The van der Waals surface area contributed by atoms with Gasteiger partial charge < -0.3 is 10.2 Å². The molecule has 0 bridgehead atoms. The largest absolute Gasteiger partial charge is 0.332 e. The van der Waals surface area contributed by atoms with Gasteiger partial charge in [0.1, 0.15) is 5.82 Å². The second-order valence-corrected chi connectivity index (χ2v) is 9.73. The van der Waals surface area contributed by atoms with Gasteiger partial charge in [0.25, 0.3) is 0 Å². The van der Waals surface area contributed by atoms with Gasteiger partial charge in [-0.25, -0.2) is 17.6 Å². The molecule has 1 atom stereocenters. The molecule has 1 aromatic rings. The molecule has 0 saturated carbocycles. The molecular weight excluding hydrogens is 357 g/mol. The number of carbonyl (C=O) groups is 1. The summed E-state index contributed by atoms with van der Waals surface area (Å²) in [6, 6.07) is 6.54. The summed E-state index contributed by atoms with van der Waals surface area (Å²) in [5.41, 5.74) is -0.0243. The zero-order valence-electron chi connectivity index (χ0n) is 15.1. The van der Waals surface area contributed by atoms with E-state index in [1.165, 1.54) is 6.07 Å². The van der Waals surface area contributed by atoms with E-state index in [9.17, 15) is 17.6 Å². The zero-order chi connectivity index (χ0) is 18.8. The predicted octanol–water partition coefficient (Wildman–Crippen LogP) is 1.62. The lowest BCUT2D eigenvalue weighted by Gasteiger charge is -2.29. The van der Waals surface area contributed by atoms with Gasteiger partial charge in [-0.05, 0) is 25.8 Å². The van der Waals surface area contributed by atoms with Gasteiger partial charge in [0.2, 0.25) is 0 Å². The summed E-state index contributed by atoms with van der Waals surface area (Å²) >= 11 is 0. The summed E-state index contributed by atoms with van der Waals surface area (Å²) in [5.74, 6) is -0.0826. The number of hydrogen-bond donors (Lipinski definition) is 1. The van der Waals surface area contributed by atoms with Crippen molar-refractivity contribution in [1.29, 1.82) is 0 Å². The topological polar surface area (TPSA) is 69.7 Å². The van der Waals surface area contributed by atoms with Gasteiger partial charge in [0.05, 0.1) is 17.0 Å². The minimum atomic E-state index is -3.06. The normalized spacial score (nSPS) is 26.5. The SMILES string of the molecule is C[C@]1(NC(=O)N2CCCN(Cc3ccccc3F)CC2)CCS(=O)(=O)C1. The monoisotopic (exact) mass is 383 g/mol. The lowest BCUT2D eigenvalue weighted by atomic mass is 10.0. The first-order valence-corrected chi connectivity index (χ1v) is 10.8. The molecule has 0 aliphatic carbocycles. The summed E-state index contributed by atoms with van der Waals surface area (Å²) in [7, 11) is -3.06. The van der Waals surface area contributed by atoms with Gasteiger partial charge >= 0.3 is 6.03 Å². The van der Waals surface area contributed by atoms with Crippen molar-refractivity contribution in [3.63, 3.8) is 0 Å². The molecule has 0 aromatic heterocycles. The molecule has 0 radical (unpaired) electrons. The van der Waals surface area contributed by atoms with Crippen molar-refractivity contribution in [2.24, 2.45) is 0 Å². The van der Waals surface area contributed by atoms with E-state index < -0.39 is 15.4 Å². The Labute approximate surface area is 154 Å². The number of hydrogen-bond acceptors (Lipinski definition) is 4. The third-order valence-electron chi connectivity index (χ3n) is 5.14. The van der Waals surface area contributed by atoms with Crippen molar-refractivity contribution in [3.8, 4) is 0 Å². The first-order valence-electron chi connectivity index (χ1n) is 9.00. The maximum absolute atomic E-state index is 13.8. The quantitative estimate of drug-likeness (QED) is 0.861. The van der Waals surface area contributed by atoms with Gasteiger partial charge in [0.15, 0.2) is 9.84 Å². The molecule has 2 amide bonds. The van der Waals surface area contributed by atoms with Crippen molar-refractivity contribution >= 4 is 15.9 Å². The molecule has 0 unspecified atom stereocenters. The molecule has 0 spiro atoms. The van der Waals surface area contributed by atoms with E-state index in [-0.39, 0.29) is 23.4 Å². The van der Waals surface area contributed by atoms with Crippen LogP contribution in [0.25, 0.3) is 0 Å². The predicted molar refractivity (Wildman–Crippen MR) is 98.1 cm³/mol. The number of benzene rings is 1. The van der Waals surface area contributed by atoms with Crippen LogP contribution in [0.2, 0.25) is 0 Å². The fourth-order valence-electron chi connectivity index (χ4n) is 3.65. The first-order chi connectivity index (χ1) is 12.3. The molecule has 6 nitrogen and oxygen atoms in total. The molecule has 2 aliphatic heterocycles. The van der Waals surface area contributed by atoms with Crippen LogP contribution in [0.5, 0.6) is 0 Å². The highest BCUT2D eigenvalue weighted by molar-refractivity contribution is 7.91. The molecule has 2 aliphatic rings. The van der Waals surface area contributed by atoms with Crippen LogP contribution in [-0.2, 0) is 16.4 Å². The van der Waals surface area contributed by atoms with E-state index in [4.69, 9.17) is 0 Å². The maximum atomic E-state index is 13.8. The summed E-state index contributed by atoms with van der Waals surface area (Å²) in [6.45, 7) is 4.93. The smallest absolute Gasteiger partial charge is 0.317 e. The van der Waals surface area contributed by atoms with Crippen LogP contribution in [0, 0.1) is 5.82 Å². The third-order valence-corrected chi connectivity index (χ3v) is 7.04. The summed E-state index contributed by atoms with van der Waals surface area (Å²) in [6.07, 6.45) is 1.26. The highest BCUT2D eigenvalue weighted by atomic mass is 32.2. The molecular formula is C18H26FN3O3S. The Hall–Kier alpha value is -1.67. The van der Waals surface area contributed by atoms with Gasteiger partial charge in [-0.1, -0.05) is 18.2 Å². The number of urea groups is 1. The van der Waals surface area contributed by atoms with Gasteiger partial charge in [-0.15, -0.1) is 0 Å². The number of nitrogens with one attached hydrogen (secondary N) is 1. The fourth-order valence-corrected chi connectivity index (χ4v) is 5.74. The first kappa shape index (κ1) is 19.1. The van der Waals surface area contributed by atoms with Crippen molar-refractivity contribution in [2.75, 3.05) is 37.7 Å². The zero-order valence-corrected chi connectivity index (χ0v) is 15.9. The second-order valence-electron chi connectivity index (χ2n) is 7.54. The van der Waals surface area contributed by atoms with E-state index in [1.54, 1.807) is 24.0 Å². The maximum Gasteiger partial charge on any atom is 0.317 e. The average molecular weight is 383 g/mol. The minimum absolute atomic E-state index is 0.00100. The Balaban J connectivity index is 1.55. The molecule has 1 N–H and O–H groups in total. The Morgan fingerprint density at radius 2 is 2.00 bits per heavy atom. The molecule has 8 heteroatoms. The third kappa shape index (κ3) is 4.73. The number of halogens is 1. The number of nitrogens with zero attached hydrogens (tertiary/aromatic N) is 2. The van der Waals surface area contributed by atoms with Crippen LogP contribution in [0.4, 0.5) is 9.18 Å². The molecule has 3 rings (SSSR count). The number of amides is 2. The van der Waals surface area contributed by atoms with E-state index in [2.05, 4.69) is 10.2 Å². The Kier molecular flexibility index (Phi) is 5.53. The van der Waals surface area contributed by atoms with E-state index in [0.29, 0.717) is 38.2 Å². The molecule has 26 heavy (non-hydrogen) atoms. The number of rotatable bonds is 3. The van der Waals surface area contributed by atoms with Gasteiger partial charge in [0, 0.05) is 38.3 Å². The fraction of sp³-hybridized carbons (Fsp3) is 0.611. The average Bonchev–Trinajstić information content (AvgIpc) is 2.74. The highest BCUT2D eigenvalue weighted by Crippen LogP contribution is 2.23. The Morgan fingerprint density at radius 1 is 1.23 bits per heavy atom. The molecule has 144 valence electrons. The van der Waals surface area contributed by atoms with Crippen molar-refractivity contribution in [3.05, 3.63) is 35.6 Å². The number of sulfone groups is 1. The Morgan fingerprint density at radius 3 is 2.69 bits per heavy atom. The van der Waals surface area contributed by atoms with Crippen molar-refractivity contribution in [1.82, 2.24) is 15.1 Å². The molecule has 1 aromatic carbocycles. The van der Waals surface area contributed by atoms with Crippen molar-refractivity contribution < 1.29 is 17.6 Å². The van der Waals surface area contributed by atoms with Crippen LogP contribution < -0.4 is 5.32 Å². The van der Waals surface area contributed by atoms with E-state index >= 15 is 0 Å². The standard InChI is InChI=1S/C18H26FN3O3S/c1-18(7-12-26(24,25)14-18)20-17(23)22-9-4-8-21(10-11-22)13-15-5-2-3-6-16(15)19/h2-3,5-6H,4,7-14H2,1H3,(H,20,23)/t18-/m0/s1. The summed E-state index contributed by atoms with van der Waals surface area (Å²) in [4.78, 5) is 16.5. The second kappa shape index (κ2) is 7.52. The van der Waals surface area contributed by atoms with Crippen molar-refractivity contribution in [2.45, 2.75) is 31.8 Å². The van der Waals surface area contributed by atoms with E-state index in [0.717, 1.165) is 13.0 Å². The van der Waals surface area contributed by atoms with Crippen LogP contribution in [0.3, 0.4) is 0 Å². The van der Waals surface area contributed by atoms with Crippen LogP contribution >= 0.6 is 0 Å². The lowest BCUT2D eigenvalue weighted by Crippen LogP contribution is -2.53. The number of carbonyl (C=O) groups excluding carboxylic acids is 1. The van der Waals surface area contributed by atoms with Crippen LogP contribution in [-0.4, -0.2) is 67.5 Å². The lowest BCUT2D eigenvalue weighted by molar-refractivity contribution is 0.187. The van der Waals surface area contributed by atoms with Crippen LogP contribution in [0.15, 0.2) is 24.3 Å². The molecule has 2 saturated heterocycles.